The minimum atomic E-state index is -0.352. The Hall–Kier alpha value is -2.24. The van der Waals surface area contributed by atoms with Gasteiger partial charge in [0.15, 0.2) is 0 Å². The summed E-state index contributed by atoms with van der Waals surface area (Å²) in [7, 11) is 0. The molecule has 1 aliphatic carbocycles. The molecule has 0 bridgehead atoms. The van der Waals surface area contributed by atoms with Crippen molar-refractivity contribution in [1.29, 1.82) is 0 Å². The number of hydrogen-bond acceptors (Lipinski definition) is 3. The van der Waals surface area contributed by atoms with Gasteiger partial charge in [-0.15, -0.1) is 0 Å². The monoisotopic (exact) mass is 344 g/mol. The van der Waals surface area contributed by atoms with Gasteiger partial charge >= 0.3 is 6.03 Å². The van der Waals surface area contributed by atoms with Gasteiger partial charge in [-0.05, 0) is 49.8 Å². The second kappa shape index (κ2) is 8.74. The first-order chi connectivity index (χ1) is 12.2. The summed E-state index contributed by atoms with van der Waals surface area (Å²) in [6.07, 6.45) is 7.41. The van der Waals surface area contributed by atoms with Gasteiger partial charge in [0.2, 0.25) is 5.91 Å². The third kappa shape index (κ3) is 5.96. The van der Waals surface area contributed by atoms with Crippen LogP contribution in [-0.2, 0) is 4.79 Å². The molecule has 6 nitrogen and oxygen atoms in total. The molecule has 1 aromatic carbocycles. The van der Waals surface area contributed by atoms with Gasteiger partial charge in [-0.2, -0.15) is 0 Å². The number of anilines is 2. The molecule has 2 fully saturated rings. The van der Waals surface area contributed by atoms with Crippen LogP contribution in [0.25, 0.3) is 0 Å². The van der Waals surface area contributed by atoms with E-state index in [0.29, 0.717) is 5.92 Å². The summed E-state index contributed by atoms with van der Waals surface area (Å²) in [6.45, 7) is 2.86. The summed E-state index contributed by atoms with van der Waals surface area (Å²) < 4.78 is 0. The average molecular weight is 344 g/mol. The molecule has 3 rings (SSSR count). The van der Waals surface area contributed by atoms with E-state index in [1.165, 1.54) is 38.5 Å². The zero-order valence-electron chi connectivity index (χ0n) is 14.7. The van der Waals surface area contributed by atoms with E-state index >= 15 is 0 Å². The SMILES string of the molecule is O=C(CNC(=O)Nc1cccc(N2CCCCCC2)c1)NCC1CC1. The minimum Gasteiger partial charge on any atom is -0.371 e. The fraction of sp³-hybridized carbons (Fsp3) is 0.579. The normalized spacial score (nSPS) is 17.5. The van der Waals surface area contributed by atoms with Crippen LogP contribution in [0.15, 0.2) is 24.3 Å². The molecule has 0 spiro atoms. The number of nitrogens with one attached hydrogen (secondary N) is 3. The lowest BCUT2D eigenvalue weighted by Crippen LogP contribution is -2.39. The number of amides is 3. The maximum absolute atomic E-state index is 12.0. The van der Waals surface area contributed by atoms with Gasteiger partial charge in [0.05, 0.1) is 6.54 Å². The summed E-state index contributed by atoms with van der Waals surface area (Å²) in [5, 5.41) is 8.26. The predicted molar refractivity (Wildman–Crippen MR) is 99.9 cm³/mol. The lowest BCUT2D eigenvalue weighted by atomic mass is 10.2. The van der Waals surface area contributed by atoms with Crippen molar-refractivity contribution in [2.24, 2.45) is 5.92 Å². The molecule has 136 valence electrons. The Morgan fingerprint density at radius 2 is 1.80 bits per heavy atom. The number of nitrogens with zero attached hydrogens (tertiary/aromatic N) is 1. The topological polar surface area (TPSA) is 73.5 Å². The van der Waals surface area contributed by atoms with Gasteiger partial charge in [0.1, 0.15) is 0 Å². The van der Waals surface area contributed by atoms with Gasteiger partial charge in [0.25, 0.3) is 0 Å². The summed E-state index contributed by atoms with van der Waals surface area (Å²) in [5.41, 5.74) is 1.89. The van der Waals surface area contributed by atoms with Crippen LogP contribution >= 0.6 is 0 Å². The van der Waals surface area contributed by atoms with E-state index in [2.05, 4.69) is 26.9 Å². The van der Waals surface area contributed by atoms with Crippen LogP contribution in [0.2, 0.25) is 0 Å². The third-order valence-corrected chi connectivity index (χ3v) is 4.77. The summed E-state index contributed by atoms with van der Waals surface area (Å²) in [4.78, 5) is 26.0. The van der Waals surface area contributed by atoms with Crippen molar-refractivity contribution in [3.63, 3.8) is 0 Å². The smallest absolute Gasteiger partial charge is 0.319 e. The Kier molecular flexibility index (Phi) is 6.14. The van der Waals surface area contributed by atoms with Gasteiger partial charge in [-0.25, -0.2) is 4.79 Å². The van der Waals surface area contributed by atoms with Crippen LogP contribution in [-0.4, -0.2) is 38.1 Å². The maximum Gasteiger partial charge on any atom is 0.319 e. The largest absolute Gasteiger partial charge is 0.371 e. The van der Waals surface area contributed by atoms with E-state index < -0.39 is 0 Å². The summed E-state index contributed by atoms with van der Waals surface area (Å²) in [6, 6.07) is 7.55. The zero-order valence-corrected chi connectivity index (χ0v) is 14.7. The Morgan fingerprint density at radius 3 is 2.52 bits per heavy atom. The van der Waals surface area contributed by atoms with Gasteiger partial charge in [-0.3, -0.25) is 4.79 Å². The van der Waals surface area contributed by atoms with E-state index in [-0.39, 0.29) is 18.5 Å². The lowest BCUT2D eigenvalue weighted by Gasteiger charge is -2.23. The van der Waals surface area contributed by atoms with Crippen molar-refractivity contribution in [3.05, 3.63) is 24.3 Å². The fourth-order valence-electron chi connectivity index (χ4n) is 3.09. The van der Waals surface area contributed by atoms with Crippen LogP contribution in [0, 0.1) is 5.92 Å². The predicted octanol–water partition coefficient (Wildman–Crippen LogP) is 2.71. The molecule has 3 amide bonds. The van der Waals surface area contributed by atoms with Crippen molar-refractivity contribution in [2.45, 2.75) is 38.5 Å². The van der Waals surface area contributed by atoms with Crippen LogP contribution < -0.4 is 20.9 Å². The third-order valence-electron chi connectivity index (χ3n) is 4.77. The van der Waals surface area contributed by atoms with E-state index in [1.54, 1.807) is 0 Å². The second-order valence-corrected chi connectivity index (χ2v) is 7.01. The van der Waals surface area contributed by atoms with E-state index in [4.69, 9.17) is 0 Å². The van der Waals surface area contributed by atoms with E-state index in [0.717, 1.165) is 31.0 Å². The first-order valence-electron chi connectivity index (χ1n) is 9.37. The fourth-order valence-corrected chi connectivity index (χ4v) is 3.09. The van der Waals surface area contributed by atoms with E-state index in [9.17, 15) is 9.59 Å². The minimum absolute atomic E-state index is 0.00433. The highest BCUT2D eigenvalue weighted by Gasteiger charge is 2.21. The Bertz CT molecular complexity index is 593. The maximum atomic E-state index is 12.0. The Labute approximate surface area is 149 Å². The highest BCUT2D eigenvalue weighted by atomic mass is 16.2. The molecular weight excluding hydrogens is 316 g/mol. The summed E-state index contributed by atoms with van der Waals surface area (Å²) >= 11 is 0. The molecule has 1 aliphatic heterocycles. The molecular formula is C19H28N4O2. The molecule has 2 aliphatic rings. The quantitative estimate of drug-likeness (QED) is 0.743. The Morgan fingerprint density at radius 1 is 1.04 bits per heavy atom. The molecule has 1 aromatic rings. The first kappa shape index (κ1) is 17.6. The van der Waals surface area contributed by atoms with E-state index in [1.807, 2.05) is 18.2 Å². The number of carbonyl (C=O) groups excluding carboxylic acids is 2. The molecule has 6 heteroatoms. The highest BCUT2D eigenvalue weighted by Crippen LogP contribution is 2.27. The molecule has 0 atom stereocenters. The van der Waals surface area contributed by atoms with Crippen molar-refractivity contribution >= 4 is 23.3 Å². The zero-order chi connectivity index (χ0) is 17.5. The van der Waals surface area contributed by atoms with Gasteiger partial charge in [0, 0.05) is 31.0 Å². The van der Waals surface area contributed by atoms with Gasteiger partial charge in [-0.1, -0.05) is 18.9 Å². The van der Waals surface area contributed by atoms with Crippen molar-refractivity contribution < 1.29 is 9.59 Å². The van der Waals surface area contributed by atoms with Crippen LogP contribution in [0.4, 0.5) is 16.2 Å². The summed E-state index contributed by atoms with van der Waals surface area (Å²) in [5.74, 6) is 0.500. The molecule has 0 aromatic heterocycles. The van der Waals surface area contributed by atoms with Crippen molar-refractivity contribution in [2.75, 3.05) is 36.4 Å². The van der Waals surface area contributed by atoms with Crippen LogP contribution in [0.1, 0.15) is 38.5 Å². The molecule has 0 radical (unpaired) electrons. The number of benzene rings is 1. The second-order valence-electron chi connectivity index (χ2n) is 7.01. The molecule has 3 N–H and O–H groups in total. The number of urea groups is 1. The lowest BCUT2D eigenvalue weighted by molar-refractivity contribution is -0.120. The molecule has 1 heterocycles. The van der Waals surface area contributed by atoms with Crippen molar-refractivity contribution in [3.8, 4) is 0 Å². The van der Waals surface area contributed by atoms with Crippen molar-refractivity contribution in [1.82, 2.24) is 10.6 Å². The molecule has 1 saturated heterocycles. The first-order valence-corrected chi connectivity index (χ1v) is 9.37. The standard InChI is InChI=1S/C19H28N4O2/c24-18(20-13-15-8-9-15)14-21-19(25)22-16-6-5-7-17(12-16)23-10-3-1-2-4-11-23/h5-7,12,15H,1-4,8-11,13-14H2,(H,20,24)(H2,21,22,25). The molecule has 25 heavy (non-hydrogen) atoms. The van der Waals surface area contributed by atoms with Crippen LogP contribution in [0.5, 0.6) is 0 Å². The van der Waals surface area contributed by atoms with Gasteiger partial charge < -0.3 is 20.9 Å². The molecule has 0 unspecified atom stereocenters. The average Bonchev–Trinajstić information content (AvgIpc) is 3.45. The number of rotatable bonds is 6. The van der Waals surface area contributed by atoms with Crippen LogP contribution in [0.3, 0.4) is 0 Å². The highest BCUT2D eigenvalue weighted by molar-refractivity contribution is 5.92. The molecule has 1 saturated carbocycles. The Balaban J connectivity index is 1.45. The number of carbonyl (C=O) groups is 2. The number of hydrogen-bond donors (Lipinski definition) is 3.